The number of fused-ring (bicyclic) bond motifs is 6. The number of imide groups is 1. The number of hydrogen-bond donors (Lipinski definition) is 0. The molecule has 5 unspecified atom stereocenters. The Kier molecular flexibility index (Phi) is 8.24. The van der Waals surface area contributed by atoms with Gasteiger partial charge in [0, 0.05) is 38.3 Å². The van der Waals surface area contributed by atoms with Crippen molar-refractivity contribution >= 4 is 79.3 Å². The third-order valence-corrected chi connectivity index (χ3v) is 10.6. The minimum Gasteiger partial charge on any atom is -0.450 e. The van der Waals surface area contributed by atoms with Crippen LogP contribution in [-0.4, -0.2) is 40.5 Å². The Morgan fingerprint density at radius 1 is 0.978 bits per heavy atom. The quantitative estimate of drug-likeness (QED) is 0.0789. The molecule has 2 bridgehead atoms. The second-order valence-corrected chi connectivity index (χ2v) is 14.1. The summed E-state index contributed by atoms with van der Waals surface area (Å²) >= 11 is 15.5. The Morgan fingerprint density at radius 2 is 1.63 bits per heavy atom. The number of halogens is 3. The van der Waals surface area contributed by atoms with Crippen LogP contribution in [0.5, 0.6) is 0 Å². The lowest BCUT2D eigenvalue weighted by molar-refractivity contribution is -0.123. The van der Waals surface area contributed by atoms with Gasteiger partial charge in [0.05, 0.1) is 34.3 Å². The second kappa shape index (κ2) is 12.2. The average molecular weight is 720 g/mol. The number of nitrogens with zero attached hydrogens (tertiary/aromatic N) is 2. The molecule has 3 fully saturated rings. The number of benzene rings is 3. The molecule has 7 nitrogen and oxygen atoms in total. The molecule has 0 N–H and O–H groups in total. The summed E-state index contributed by atoms with van der Waals surface area (Å²) in [5, 5.41) is 1.05. The van der Waals surface area contributed by atoms with Crippen LogP contribution in [-0.2, 0) is 14.3 Å². The lowest BCUT2D eigenvalue weighted by Gasteiger charge is -2.19. The molecule has 0 spiro atoms. The number of esters is 1. The SMILES string of the molecule is Cc1cc(Br)cc2c(C(=O)OC(CCCl)C(=O)c3ccc(Cl)cc3)cc(-c3ccc(N4C(=O)C5C6CCC(C6)C5C4=O)cc3)nc12. The van der Waals surface area contributed by atoms with Crippen LogP contribution in [0.2, 0.25) is 5.02 Å². The minimum absolute atomic E-state index is 0.0929. The van der Waals surface area contributed by atoms with Gasteiger partial charge in [0.1, 0.15) is 0 Å². The first-order valence-corrected chi connectivity index (χ1v) is 17.0. The van der Waals surface area contributed by atoms with Gasteiger partial charge in [-0.3, -0.25) is 19.3 Å². The fraction of sp³-hybridized carbons (Fsp3) is 0.306. The number of aromatic nitrogens is 1. The Morgan fingerprint density at radius 3 is 2.26 bits per heavy atom. The van der Waals surface area contributed by atoms with Crippen molar-refractivity contribution in [3.63, 3.8) is 0 Å². The number of carbonyl (C=O) groups excluding carboxylic acids is 4. The largest absolute Gasteiger partial charge is 0.450 e. The molecule has 3 aromatic carbocycles. The zero-order valence-electron chi connectivity index (χ0n) is 24.8. The predicted molar refractivity (Wildman–Crippen MR) is 180 cm³/mol. The number of anilines is 1. The lowest BCUT2D eigenvalue weighted by atomic mass is 9.81. The fourth-order valence-electron chi connectivity index (χ4n) is 7.55. The number of ether oxygens (including phenoxy) is 1. The van der Waals surface area contributed by atoms with Gasteiger partial charge >= 0.3 is 5.97 Å². The van der Waals surface area contributed by atoms with Gasteiger partial charge in [0.2, 0.25) is 17.6 Å². The topological polar surface area (TPSA) is 93.6 Å². The molecule has 1 saturated heterocycles. The normalized spacial score (nSPS) is 22.4. The van der Waals surface area contributed by atoms with E-state index in [1.807, 2.05) is 13.0 Å². The number of Topliss-reactive ketones (excluding diaryl/α,β-unsaturated/α-hetero) is 1. The van der Waals surface area contributed by atoms with Crippen molar-refractivity contribution in [1.29, 1.82) is 0 Å². The first-order valence-electron chi connectivity index (χ1n) is 15.3. The maximum absolute atomic E-state index is 13.8. The van der Waals surface area contributed by atoms with E-state index in [0.29, 0.717) is 50.3 Å². The highest BCUT2D eigenvalue weighted by Crippen LogP contribution is 2.56. The standard InChI is InChI=1S/C36H29BrCl2N2O5/c1-18-14-23(37)16-26-27(36(45)46-29(12-13-38)33(42)20-4-8-24(39)9-5-20)17-28(40-32(18)26)19-6-10-25(11-7-19)41-34(43)30-21-2-3-22(15-21)31(30)35(41)44/h4-11,14,16-17,21-22,29-31H,2-3,12-13,15H2,1H3. The highest BCUT2D eigenvalue weighted by Gasteiger charge is 2.61. The molecule has 46 heavy (non-hydrogen) atoms. The van der Waals surface area contributed by atoms with Crippen LogP contribution in [0.1, 0.15) is 52.0 Å². The van der Waals surface area contributed by atoms with Crippen LogP contribution < -0.4 is 4.90 Å². The van der Waals surface area contributed by atoms with Gasteiger partial charge in [-0.05, 0) is 98.2 Å². The van der Waals surface area contributed by atoms with E-state index in [1.54, 1.807) is 60.7 Å². The van der Waals surface area contributed by atoms with Gasteiger partial charge in [-0.2, -0.15) is 0 Å². The van der Waals surface area contributed by atoms with E-state index < -0.39 is 12.1 Å². The highest BCUT2D eigenvalue weighted by molar-refractivity contribution is 9.10. The summed E-state index contributed by atoms with van der Waals surface area (Å²) in [4.78, 5) is 60.1. The van der Waals surface area contributed by atoms with E-state index in [4.69, 9.17) is 32.9 Å². The molecule has 10 heteroatoms. The lowest BCUT2D eigenvalue weighted by Crippen LogP contribution is -2.32. The van der Waals surface area contributed by atoms with Crippen LogP contribution in [0.25, 0.3) is 22.2 Å². The van der Waals surface area contributed by atoms with E-state index in [9.17, 15) is 19.2 Å². The van der Waals surface area contributed by atoms with Crippen LogP contribution in [0.15, 0.2) is 71.2 Å². The van der Waals surface area contributed by atoms with Gasteiger partial charge in [0.25, 0.3) is 0 Å². The Bertz CT molecular complexity index is 1880. The number of alkyl halides is 1. The van der Waals surface area contributed by atoms with Crippen molar-refractivity contribution in [3.05, 3.63) is 92.9 Å². The molecular formula is C36H29BrCl2N2O5. The molecular weight excluding hydrogens is 691 g/mol. The van der Waals surface area contributed by atoms with E-state index in [2.05, 4.69) is 15.9 Å². The third-order valence-electron chi connectivity index (χ3n) is 9.68. The zero-order chi connectivity index (χ0) is 32.3. The third kappa shape index (κ3) is 5.34. The summed E-state index contributed by atoms with van der Waals surface area (Å²) in [5.74, 6) is -0.906. The molecule has 7 rings (SSSR count). The first-order chi connectivity index (χ1) is 22.1. The smallest absolute Gasteiger partial charge is 0.339 e. The van der Waals surface area contributed by atoms with Gasteiger partial charge in [-0.1, -0.05) is 39.7 Å². The summed E-state index contributed by atoms with van der Waals surface area (Å²) in [6.07, 6.45) is 2.06. The maximum atomic E-state index is 13.8. The number of pyridine rings is 1. The van der Waals surface area contributed by atoms with Crippen LogP contribution in [0.3, 0.4) is 0 Å². The molecule has 3 aliphatic rings. The molecule has 4 aromatic rings. The summed E-state index contributed by atoms with van der Waals surface area (Å²) < 4.78 is 6.60. The van der Waals surface area contributed by atoms with Crippen molar-refractivity contribution < 1.29 is 23.9 Å². The molecule has 0 radical (unpaired) electrons. The Balaban J connectivity index is 1.21. The van der Waals surface area contributed by atoms with Gasteiger partial charge in [0.15, 0.2) is 6.10 Å². The van der Waals surface area contributed by atoms with Gasteiger partial charge in [-0.15, -0.1) is 11.6 Å². The first kappa shape index (κ1) is 31.0. The summed E-state index contributed by atoms with van der Waals surface area (Å²) in [6.45, 7) is 1.90. The van der Waals surface area contributed by atoms with E-state index in [1.165, 1.54) is 4.90 Å². The number of aryl methyl sites for hydroxylation is 1. The molecule has 2 aliphatic carbocycles. The van der Waals surface area contributed by atoms with Gasteiger partial charge in [-0.25, -0.2) is 9.78 Å². The highest BCUT2D eigenvalue weighted by atomic mass is 79.9. The van der Waals surface area contributed by atoms with Crippen molar-refractivity contribution in [2.75, 3.05) is 10.8 Å². The van der Waals surface area contributed by atoms with Crippen molar-refractivity contribution in [2.24, 2.45) is 23.7 Å². The number of amides is 2. The van der Waals surface area contributed by atoms with Crippen LogP contribution in [0.4, 0.5) is 5.69 Å². The Labute approximate surface area is 284 Å². The Hall–Kier alpha value is -3.59. The summed E-state index contributed by atoms with van der Waals surface area (Å²) in [7, 11) is 0. The number of hydrogen-bond acceptors (Lipinski definition) is 6. The number of carbonyl (C=O) groups is 4. The molecule has 1 aliphatic heterocycles. The van der Waals surface area contributed by atoms with E-state index in [-0.39, 0.29) is 47.3 Å². The van der Waals surface area contributed by atoms with Gasteiger partial charge < -0.3 is 4.74 Å². The van der Waals surface area contributed by atoms with E-state index in [0.717, 1.165) is 29.3 Å². The molecule has 5 atom stereocenters. The number of ketones is 1. The molecule has 2 saturated carbocycles. The molecule has 2 amide bonds. The van der Waals surface area contributed by atoms with Crippen molar-refractivity contribution in [2.45, 2.75) is 38.7 Å². The number of rotatable bonds is 8. The average Bonchev–Trinajstić information content (AvgIpc) is 3.74. The second-order valence-electron chi connectivity index (χ2n) is 12.4. The summed E-state index contributed by atoms with van der Waals surface area (Å²) in [6, 6.07) is 18.9. The fourth-order valence-corrected chi connectivity index (χ4v) is 8.45. The minimum atomic E-state index is -1.10. The molecule has 2 heterocycles. The van der Waals surface area contributed by atoms with Crippen molar-refractivity contribution in [3.8, 4) is 11.3 Å². The zero-order valence-corrected chi connectivity index (χ0v) is 27.9. The van der Waals surface area contributed by atoms with Crippen LogP contribution in [0, 0.1) is 30.6 Å². The maximum Gasteiger partial charge on any atom is 0.339 e. The summed E-state index contributed by atoms with van der Waals surface area (Å²) in [5.41, 5.74) is 3.77. The van der Waals surface area contributed by atoms with Crippen molar-refractivity contribution in [1.82, 2.24) is 4.98 Å². The monoisotopic (exact) mass is 718 g/mol. The van der Waals surface area contributed by atoms with Crippen LogP contribution >= 0.6 is 39.1 Å². The van der Waals surface area contributed by atoms with E-state index >= 15 is 0 Å². The molecule has 234 valence electrons. The predicted octanol–water partition coefficient (Wildman–Crippen LogP) is 8.20. The molecule has 1 aromatic heterocycles.